The van der Waals surface area contributed by atoms with Gasteiger partial charge in [0.15, 0.2) is 6.10 Å². The largest absolute Gasteiger partial charge is 0.465 e. The lowest BCUT2D eigenvalue weighted by molar-refractivity contribution is -0.165. The Hall–Kier alpha value is -4.07. The second-order valence-corrected chi connectivity index (χ2v) is 9.06. The highest BCUT2D eigenvalue weighted by atomic mass is 16.6. The van der Waals surface area contributed by atoms with Gasteiger partial charge in [-0.25, -0.2) is 4.79 Å². The van der Waals surface area contributed by atoms with Crippen molar-refractivity contribution in [3.63, 3.8) is 0 Å². The van der Waals surface area contributed by atoms with Crippen molar-refractivity contribution in [3.05, 3.63) is 84.3 Å². The van der Waals surface area contributed by atoms with Crippen molar-refractivity contribution in [2.75, 3.05) is 6.54 Å². The van der Waals surface area contributed by atoms with Gasteiger partial charge in [0.05, 0.1) is 12.2 Å². The predicted molar refractivity (Wildman–Crippen MR) is 135 cm³/mol. The van der Waals surface area contributed by atoms with E-state index in [1.165, 1.54) is 18.1 Å². The lowest BCUT2D eigenvalue weighted by Gasteiger charge is -2.38. The highest BCUT2D eigenvalue weighted by Gasteiger charge is 2.46. The van der Waals surface area contributed by atoms with Crippen LogP contribution in [-0.2, 0) is 25.6 Å². The van der Waals surface area contributed by atoms with Crippen LogP contribution in [0.25, 0.3) is 0 Å². The molecule has 1 heterocycles. The monoisotopic (exact) mass is 505 g/mol. The molecule has 0 saturated heterocycles. The van der Waals surface area contributed by atoms with Gasteiger partial charge >= 0.3 is 18.0 Å². The Balaban J connectivity index is 1.36. The van der Waals surface area contributed by atoms with Gasteiger partial charge in [-0.2, -0.15) is 0 Å². The van der Waals surface area contributed by atoms with Gasteiger partial charge in [0.2, 0.25) is 0 Å². The van der Waals surface area contributed by atoms with Crippen LogP contribution in [0.5, 0.6) is 11.5 Å². The quantitative estimate of drug-likeness (QED) is 0.236. The standard InChI is InChI=1S/C29H31NO7/c1-3-17-30(19-21-11-13-23(14-12-21)36-22-8-5-4-6-9-22)29(33)37-28(32)25-16-15-24(25)27(35-20(2)31)26-10-7-18-34-26/h4-14,18,24-25,27H,3,15-17,19H2,1-2H3. The van der Waals surface area contributed by atoms with Crippen molar-refractivity contribution in [2.45, 2.75) is 45.8 Å². The summed E-state index contributed by atoms with van der Waals surface area (Å²) in [5.74, 6) is -0.0601. The normalized spacial score (nSPS) is 17.2. The summed E-state index contributed by atoms with van der Waals surface area (Å²) >= 11 is 0. The number of esters is 2. The van der Waals surface area contributed by atoms with Crippen LogP contribution >= 0.6 is 0 Å². The van der Waals surface area contributed by atoms with Gasteiger partial charge in [0.1, 0.15) is 17.3 Å². The zero-order chi connectivity index (χ0) is 26.2. The van der Waals surface area contributed by atoms with Gasteiger partial charge in [0, 0.05) is 25.9 Å². The van der Waals surface area contributed by atoms with Crippen LogP contribution in [0.15, 0.2) is 77.4 Å². The molecule has 8 nitrogen and oxygen atoms in total. The van der Waals surface area contributed by atoms with Crippen LogP contribution in [0.4, 0.5) is 4.79 Å². The third kappa shape index (κ3) is 6.78. The van der Waals surface area contributed by atoms with E-state index in [1.54, 1.807) is 12.1 Å². The average Bonchev–Trinajstić information content (AvgIpc) is 3.39. The summed E-state index contributed by atoms with van der Waals surface area (Å²) in [5.41, 5.74) is 0.882. The topological polar surface area (TPSA) is 95.3 Å². The number of hydrogen-bond acceptors (Lipinski definition) is 7. The van der Waals surface area contributed by atoms with Gasteiger partial charge < -0.3 is 23.5 Å². The lowest BCUT2D eigenvalue weighted by Crippen LogP contribution is -2.42. The molecule has 37 heavy (non-hydrogen) atoms. The number of carbonyl (C=O) groups is 3. The second-order valence-electron chi connectivity index (χ2n) is 9.06. The van der Waals surface area contributed by atoms with E-state index in [1.807, 2.05) is 61.5 Å². The highest BCUT2D eigenvalue weighted by Crippen LogP contribution is 2.45. The van der Waals surface area contributed by atoms with Crippen LogP contribution in [0.3, 0.4) is 0 Å². The molecule has 1 fully saturated rings. The number of amides is 1. The van der Waals surface area contributed by atoms with E-state index in [4.69, 9.17) is 18.6 Å². The molecule has 1 aliphatic carbocycles. The Labute approximate surface area is 216 Å². The number of benzene rings is 2. The molecule has 3 atom stereocenters. The van der Waals surface area contributed by atoms with Crippen LogP contribution in [0.1, 0.15) is 50.5 Å². The number of para-hydroxylation sites is 1. The summed E-state index contributed by atoms with van der Waals surface area (Å²) in [6, 6.07) is 20.3. The maximum Gasteiger partial charge on any atom is 0.417 e. The van der Waals surface area contributed by atoms with Crippen molar-refractivity contribution < 1.29 is 33.0 Å². The van der Waals surface area contributed by atoms with E-state index in [0.717, 1.165) is 11.3 Å². The summed E-state index contributed by atoms with van der Waals surface area (Å²) in [4.78, 5) is 39.0. The maximum absolute atomic E-state index is 12.9. The van der Waals surface area contributed by atoms with Crippen LogP contribution < -0.4 is 4.74 Å². The Morgan fingerprint density at radius 2 is 1.70 bits per heavy atom. The number of ether oxygens (including phenoxy) is 3. The van der Waals surface area contributed by atoms with Crippen molar-refractivity contribution in [2.24, 2.45) is 11.8 Å². The van der Waals surface area contributed by atoms with Crippen molar-refractivity contribution >= 4 is 18.0 Å². The van der Waals surface area contributed by atoms with Crippen LogP contribution in [0.2, 0.25) is 0 Å². The van der Waals surface area contributed by atoms with E-state index in [-0.39, 0.29) is 5.92 Å². The molecule has 3 unspecified atom stereocenters. The number of furan rings is 1. The fourth-order valence-corrected chi connectivity index (χ4v) is 4.41. The van der Waals surface area contributed by atoms with Crippen LogP contribution in [-0.4, -0.2) is 29.5 Å². The SMILES string of the molecule is CCCN(Cc1ccc(Oc2ccccc2)cc1)C(=O)OC(=O)C1CCC1C(OC(C)=O)c1ccco1. The van der Waals surface area contributed by atoms with Gasteiger partial charge in [-0.05, 0) is 61.2 Å². The van der Waals surface area contributed by atoms with E-state index in [9.17, 15) is 14.4 Å². The maximum atomic E-state index is 12.9. The summed E-state index contributed by atoms with van der Waals surface area (Å²) in [7, 11) is 0. The number of rotatable bonds is 10. The van der Waals surface area contributed by atoms with E-state index >= 15 is 0 Å². The van der Waals surface area contributed by atoms with E-state index in [2.05, 4.69) is 0 Å². The minimum absolute atomic E-state index is 0.294. The lowest BCUT2D eigenvalue weighted by atomic mass is 9.70. The van der Waals surface area contributed by atoms with E-state index in [0.29, 0.717) is 43.9 Å². The molecule has 0 spiro atoms. The fourth-order valence-electron chi connectivity index (χ4n) is 4.41. The second kappa shape index (κ2) is 12.3. The molecule has 3 aromatic rings. The predicted octanol–water partition coefficient (Wildman–Crippen LogP) is 6.28. The molecular weight excluding hydrogens is 474 g/mol. The molecular formula is C29H31NO7. The smallest absolute Gasteiger partial charge is 0.417 e. The molecule has 1 aliphatic rings. The van der Waals surface area contributed by atoms with Crippen molar-refractivity contribution in [3.8, 4) is 11.5 Å². The van der Waals surface area contributed by atoms with Gasteiger partial charge in [-0.3, -0.25) is 9.59 Å². The zero-order valence-corrected chi connectivity index (χ0v) is 21.0. The van der Waals surface area contributed by atoms with E-state index < -0.39 is 30.1 Å². The summed E-state index contributed by atoms with van der Waals surface area (Å²) in [6.07, 6.45) is 2.01. The minimum Gasteiger partial charge on any atom is -0.465 e. The summed E-state index contributed by atoms with van der Waals surface area (Å²) < 4.78 is 22.0. The Bertz CT molecular complexity index is 1170. The molecule has 0 N–H and O–H groups in total. The van der Waals surface area contributed by atoms with Crippen molar-refractivity contribution in [1.82, 2.24) is 4.90 Å². The van der Waals surface area contributed by atoms with Crippen LogP contribution in [0, 0.1) is 11.8 Å². The first-order valence-electron chi connectivity index (χ1n) is 12.5. The van der Waals surface area contributed by atoms with Crippen molar-refractivity contribution in [1.29, 1.82) is 0 Å². The molecule has 0 bridgehead atoms. The van der Waals surface area contributed by atoms with Gasteiger partial charge in [0.25, 0.3) is 0 Å². The fraction of sp³-hybridized carbons (Fsp3) is 0.345. The Morgan fingerprint density at radius 3 is 2.30 bits per heavy atom. The number of nitrogens with zero attached hydrogens (tertiary/aromatic N) is 1. The number of carbonyl (C=O) groups excluding carboxylic acids is 3. The molecule has 1 aromatic heterocycles. The molecule has 8 heteroatoms. The first kappa shape index (κ1) is 26.0. The van der Waals surface area contributed by atoms with Gasteiger partial charge in [-0.1, -0.05) is 37.3 Å². The molecule has 1 amide bonds. The molecule has 0 radical (unpaired) electrons. The molecule has 194 valence electrons. The first-order valence-corrected chi connectivity index (χ1v) is 12.5. The highest BCUT2D eigenvalue weighted by molar-refractivity contribution is 5.86. The molecule has 4 rings (SSSR count). The summed E-state index contributed by atoms with van der Waals surface area (Å²) in [6.45, 7) is 4.00. The zero-order valence-electron chi connectivity index (χ0n) is 21.0. The Morgan fingerprint density at radius 1 is 0.973 bits per heavy atom. The average molecular weight is 506 g/mol. The number of hydrogen-bond donors (Lipinski definition) is 0. The minimum atomic E-state index is -0.697. The molecule has 2 aromatic carbocycles. The molecule has 1 saturated carbocycles. The molecule has 0 aliphatic heterocycles. The summed E-state index contributed by atoms with van der Waals surface area (Å²) in [5, 5.41) is 0. The van der Waals surface area contributed by atoms with Gasteiger partial charge in [-0.15, -0.1) is 0 Å². The first-order chi connectivity index (χ1) is 17.9. The third-order valence-corrected chi connectivity index (χ3v) is 6.35. The third-order valence-electron chi connectivity index (χ3n) is 6.35. The Kier molecular flexibility index (Phi) is 8.61.